The van der Waals surface area contributed by atoms with E-state index in [4.69, 9.17) is 0 Å². The normalized spacial score (nSPS) is 10.5. The molecule has 1 aromatic heterocycles. The maximum atomic E-state index is 10.7. The highest BCUT2D eigenvalue weighted by Crippen LogP contribution is 2.12. The van der Waals surface area contributed by atoms with Crippen LogP contribution < -0.4 is 5.56 Å². The Morgan fingerprint density at radius 1 is 1.55 bits per heavy atom. The molecule has 3 nitrogen and oxygen atoms in total. The van der Waals surface area contributed by atoms with E-state index in [1.165, 1.54) is 0 Å². The summed E-state index contributed by atoms with van der Waals surface area (Å²) in [6, 6.07) is 1.57. The van der Waals surface area contributed by atoms with Gasteiger partial charge in [-0.25, -0.2) is 5.10 Å². The second-order valence-corrected chi connectivity index (χ2v) is 2.96. The molecule has 0 radical (unpaired) electrons. The molecule has 0 amide bonds. The molecule has 0 unspecified atom stereocenters. The lowest BCUT2D eigenvalue weighted by Gasteiger charge is -2.05. The number of aromatic nitrogens is 2. The first-order chi connectivity index (χ1) is 5.11. The summed E-state index contributed by atoms with van der Waals surface area (Å²) in [5, 5.41) is 6.36. The molecule has 3 heteroatoms. The van der Waals surface area contributed by atoms with E-state index < -0.39 is 0 Å². The van der Waals surface area contributed by atoms with Crippen molar-refractivity contribution in [2.75, 3.05) is 0 Å². The van der Waals surface area contributed by atoms with Gasteiger partial charge in [-0.15, -0.1) is 0 Å². The minimum absolute atomic E-state index is 0.132. The van der Waals surface area contributed by atoms with Gasteiger partial charge in [0.25, 0.3) is 5.56 Å². The van der Waals surface area contributed by atoms with Crippen LogP contribution in [0.1, 0.15) is 31.0 Å². The van der Waals surface area contributed by atoms with Gasteiger partial charge in [-0.05, 0) is 18.4 Å². The fourth-order valence-electron chi connectivity index (χ4n) is 1.09. The van der Waals surface area contributed by atoms with Crippen LogP contribution in [-0.4, -0.2) is 10.2 Å². The molecule has 1 heterocycles. The Morgan fingerprint density at radius 2 is 2.18 bits per heavy atom. The minimum Gasteiger partial charge on any atom is -0.268 e. The fourth-order valence-corrected chi connectivity index (χ4v) is 1.09. The number of aryl methyl sites for hydroxylation is 1. The molecule has 0 bridgehead atoms. The third-order valence-corrected chi connectivity index (χ3v) is 1.59. The van der Waals surface area contributed by atoms with Crippen molar-refractivity contribution in [1.29, 1.82) is 0 Å². The van der Waals surface area contributed by atoms with Gasteiger partial charge in [-0.2, -0.15) is 5.10 Å². The molecular weight excluding hydrogens is 140 g/mol. The zero-order chi connectivity index (χ0) is 8.43. The van der Waals surface area contributed by atoms with Gasteiger partial charge in [0.2, 0.25) is 0 Å². The summed E-state index contributed by atoms with van der Waals surface area (Å²) in [5.41, 5.74) is 1.79. The predicted molar refractivity (Wildman–Crippen MR) is 43.7 cm³/mol. The number of rotatable bonds is 1. The van der Waals surface area contributed by atoms with E-state index in [0.29, 0.717) is 5.92 Å². The van der Waals surface area contributed by atoms with Crippen molar-refractivity contribution >= 4 is 0 Å². The maximum Gasteiger partial charge on any atom is 0.264 e. The third kappa shape index (κ3) is 1.67. The number of nitrogens with one attached hydrogen (secondary N) is 1. The Balaban J connectivity index is 3.20. The van der Waals surface area contributed by atoms with Crippen molar-refractivity contribution in [3.8, 4) is 0 Å². The number of H-pyrrole nitrogens is 1. The minimum atomic E-state index is -0.132. The van der Waals surface area contributed by atoms with E-state index in [9.17, 15) is 4.79 Å². The number of hydrogen-bond acceptors (Lipinski definition) is 2. The van der Waals surface area contributed by atoms with E-state index in [2.05, 4.69) is 10.2 Å². The van der Waals surface area contributed by atoms with E-state index >= 15 is 0 Å². The molecule has 0 spiro atoms. The van der Waals surface area contributed by atoms with Gasteiger partial charge in [-0.3, -0.25) is 4.79 Å². The van der Waals surface area contributed by atoms with Crippen LogP contribution in [-0.2, 0) is 0 Å². The average molecular weight is 152 g/mol. The Labute approximate surface area is 65.5 Å². The van der Waals surface area contributed by atoms with Crippen molar-refractivity contribution < 1.29 is 0 Å². The van der Waals surface area contributed by atoms with Crippen molar-refractivity contribution in [3.63, 3.8) is 0 Å². The molecule has 0 aliphatic heterocycles. The Hall–Kier alpha value is -1.12. The van der Waals surface area contributed by atoms with Crippen LogP contribution >= 0.6 is 0 Å². The largest absolute Gasteiger partial charge is 0.268 e. The summed E-state index contributed by atoms with van der Waals surface area (Å²) < 4.78 is 0. The Kier molecular flexibility index (Phi) is 2.08. The van der Waals surface area contributed by atoms with Gasteiger partial charge in [-0.1, -0.05) is 13.8 Å². The molecule has 0 aliphatic carbocycles. The molecule has 1 aromatic rings. The summed E-state index contributed by atoms with van der Waals surface area (Å²) in [7, 11) is 0. The monoisotopic (exact) mass is 152 g/mol. The standard InChI is InChI=1S/C8H12N2O/c1-5(2)8-6(3)4-7(11)9-10-8/h4-5H,1-3H3,(H,9,11). The molecule has 0 aliphatic rings. The van der Waals surface area contributed by atoms with E-state index in [-0.39, 0.29) is 5.56 Å². The second-order valence-electron chi connectivity index (χ2n) is 2.96. The highest BCUT2D eigenvalue weighted by molar-refractivity contribution is 5.17. The van der Waals surface area contributed by atoms with Gasteiger partial charge >= 0.3 is 0 Å². The molecule has 0 saturated heterocycles. The summed E-state index contributed by atoms with van der Waals surface area (Å²) in [5.74, 6) is 0.367. The van der Waals surface area contributed by atoms with Crippen molar-refractivity contribution in [3.05, 3.63) is 27.7 Å². The zero-order valence-electron chi connectivity index (χ0n) is 7.01. The molecule has 0 saturated carbocycles. The van der Waals surface area contributed by atoms with Crippen LogP contribution in [0.4, 0.5) is 0 Å². The predicted octanol–water partition coefficient (Wildman–Crippen LogP) is 1.20. The lowest BCUT2D eigenvalue weighted by molar-refractivity contribution is 0.765. The summed E-state index contributed by atoms with van der Waals surface area (Å²) in [6.45, 7) is 6.00. The molecule has 1 rings (SSSR count). The number of hydrogen-bond donors (Lipinski definition) is 1. The number of nitrogens with zero attached hydrogens (tertiary/aromatic N) is 1. The molecular formula is C8H12N2O. The van der Waals surface area contributed by atoms with Crippen molar-refractivity contribution in [2.45, 2.75) is 26.7 Å². The molecule has 60 valence electrons. The van der Waals surface area contributed by atoms with E-state index in [1.54, 1.807) is 6.07 Å². The van der Waals surface area contributed by atoms with E-state index in [1.807, 2.05) is 20.8 Å². The lowest BCUT2D eigenvalue weighted by atomic mass is 10.1. The van der Waals surface area contributed by atoms with Crippen LogP contribution in [0.15, 0.2) is 10.9 Å². The van der Waals surface area contributed by atoms with Crippen LogP contribution in [0.25, 0.3) is 0 Å². The molecule has 1 N–H and O–H groups in total. The van der Waals surface area contributed by atoms with Crippen LogP contribution in [0.5, 0.6) is 0 Å². The summed E-state index contributed by atoms with van der Waals surface area (Å²) in [4.78, 5) is 10.7. The molecule has 11 heavy (non-hydrogen) atoms. The van der Waals surface area contributed by atoms with Gasteiger partial charge in [0.05, 0.1) is 5.69 Å². The lowest BCUT2D eigenvalue weighted by Crippen LogP contribution is -2.11. The molecule has 0 fully saturated rings. The van der Waals surface area contributed by atoms with Gasteiger partial charge in [0.15, 0.2) is 0 Å². The van der Waals surface area contributed by atoms with Crippen LogP contribution in [0.3, 0.4) is 0 Å². The topological polar surface area (TPSA) is 45.8 Å². The quantitative estimate of drug-likeness (QED) is 0.657. The fraction of sp³-hybridized carbons (Fsp3) is 0.500. The first kappa shape index (κ1) is 7.98. The van der Waals surface area contributed by atoms with Crippen LogP contribution in [0.2, 0.25) is 0 Å². The zero-order valence-corrected chi connectivity index (χ0v) is 7.01. The number of aromatic amines is 1. The highest BCUT2D eigenvalue weighted by atomic mass is 16.1. The highest BCUT2D eigenvalue weighted by Gasteiger charge is 2.04. The second kappa shape index (κ2) is 2.86. The van der Waals surface area contributed by atoms with Gasteiger partial charge < -0.3 is 0 Å². The third-order valence-electron chi connectivity index (χ3n) is 1.59. The first-order valence-corrected chi connectivity index (χ1v) is 3.67. The smallest absolute Gasteiger partial charge is 0.264 e. The van der Waals surface area contributed by atoms with Gasteiger partial charge in [0, 0.05) is 6.07 Å². The average Bonchev–Trinajstić information content (AvgIpc) is 1.85. The van der Waals surface area contributed by atoms with E-state index in [0.717, 1.165) is 11.3 Å². The molecule has 0 aromatic carbocycles. The molecule has 0 atom stereocenters. The van der Waals surface area contributed by atoms with Crippen LogP contribution in [0, 0.1) is 6.92 Å². The first-order valence-electron chi connectivity index (χ1n) is 3.67. The van der Waals surface area contributed by atoms with Crippen molar-refractivity contribution in [1.82, 2.24) is 10.2 Å². The SMILES string of the molecule is Cc1cc(=O)[nH]nc1C(C)C. The maximum absolute atomic E-state index is 10.7. The summed E-state index contributed by atoms with van der Waals surface area (Å²) in [6.07, 6.45) is 0. The Bertz CT molecular complexity index is 301. The summed E-state index contributed by atoms with van der Waals surface area (Å²) >= 11 is 0. The van der Waals surface area contributed by atoms with Crippen molar-refractivity contribution in [2.24, 2.45) is 0 Å². The Morgan fingerprint density at radius 3 is 2.64 bits per heavy atom. The van der Waals surface area contributed by atoms with Gasteiger partial charge in [0.1, 0.15) is 0 Å².